The number of hydrazine groups is 1. The van der Waals surface area contributed by atoms with E-state index in [2.05, 4.69) is 16.2 Å². The lowest BCUT2D eigenvalue weighted by Gasteiger charge is -2.22. The summed E-state index contributed by atoms with van der Waals surface area (Å²) in [6.45, 7) is 2.92. The predicted molar refractivity (Wildman–Crippen MR) is 105 cm³/mol. The quantitative estimate of drug-likeness (QED) is 0.508. The summed E-state index contributed by atoms with van der Waals surface area (Å²) in [5.41, 5.74) is 5.26. The Balaban J connectivity index is 1.56. The monoisotopic (exact) mass is 412 g/mol. The van der Waals surface area contributed by atoms with Gasteiger partial charge in [-0.2, -0.15) is 0 Å². The van der Waals surface area contributed by atoms with Crippen molar-refractivity contribution >= 4 is 23.8 Å². The van der Waals surface area contributed by atoms with Gasteiger partial charge in [0.15, 0.2) is 0 Å². The maximum atomic E-state index is 12.9. The van der Waals surface area contributed by atoms with Crippen LogP contribution in [0.1, 0.15) is 23.6 Å². The van der Waals surface area contributed by atoms with E-state index < -0.39 is 41.7 Å². The summed E-state index contributed by atoms with van der Waals surface area (Å²) in [5.74, 6) is -2.25. The van der Waals surface area contributed by atoms with Gasteiger partial charge < -0.3 is 5.32 Å². The topological polar surface area (TPSA) is 108 Å². The first-order valence-corrected chi connectivity index (χ1v) is 9.22. The van der Waals surface area contributed by atoms with Crippen LogP contribution in [0.15, 0.2) is 48.5 Å². The molecule has 1 heterocycles. The lowest BCUT2D eigenvalue weighted by atomic mass is 9.91. The Morgan fingerprint density at radius 1 is 1.00 bits per heavy atom. The third-order valence-electron chi connectivity index (χ3n) is 4.82. The fraction of sp³-hybridized carbons (Fsp3) is 0.238. The third kappa shape index (κ3) is 4.45. The van der Waals surface area contributed by atoms with Crippen molar-refractivity contribution in [2.75, 3.05) is 6.54 Å². The van der Waals surface area contributed by atoms with Crippen LogP contribution in [0.4, 0.5) is 9.18 Å². The van der Waals surface area contributed by atoms with E-state index in [1.807, 2.05) is 19.1 Å². The molecule has 1 aliphatic heterocycles. The normalized spacial score (nSPS) is 18.2. The molecular weight excluding hydrogens is 391 g/mol. The summed E-state index contributed by atoms with van der Waals surface area (Å²) in [6.07, 6.45) is -0.0742. The molecule has 3 N–H and O–H groups in total. The van der Waals surface area contributed by atoms with Gasteiger partial charge in [-0.3, -0.25) is 30.1 Å². The highest BCUT2D eigenvalue weighted by Crippen LogP contribution is 2.28. The molecule has 3 rings (SSSR count). The molecule has 0 spiro atoms. The van der Waals surface area contributed by atoms with E-state index in [0.717, 1.165) is 10.5 Å². The van der Waals surface area contributed by atoms with Gasteiger partial charge >= 0.3 is 6.03 Å². The van der Waals surface area contributed by atoms with Crippen LogP contribution in [0.3, 0.4) is 0 Å². The summed E-state index contributed by atoms with van der Waals surface area (Å²) >= 11 is 0. The number of rotatable bonds is 5. The van der Waals surface area contributed by atoms with Crippen LogP contribution in [-0.2, 0) is 26.3 Å². The molecule has 1 atom stereocenters. The highest BCUT2D eigenvalue weighted by atomic mass is 19.1. The minimum atomic E-state index is -1.28. The van der Waals surface area contributed by atoms with Crippen molar-refractivity contribution in [3.63, 3.8) is 0 Å². The molecule has 8 nitrogen and oxygen atoms in total. The zero-order chi connectivity index (χ0) is 21.9. The molecule has 1 saturated heterocycles. The molecule has 2 aromatic rings. The number of carbonyl (C=O) groups excluding carboxylic acids is 4. The lowest BCUT2D eigenvalue weighted by molar-refractivity contribution is -0.135. The van der Waals surface area contributed by atoms with Crippen molar-refractivity contribution < 1.29 is 23.6 Å². The number of hydrogen-bond acceptors (Lipinski definition) is 4. The molecule has 30 heavy (non-hydrogen) atoms. The Labute approximate surface area is 172 Å². The molecule has 2 aromatic carbocycles. The molecule has 1 fully saturated rings. The number of hydrogen-bond donors (Lipinski definition) is 3. The summed E-state index contributed by atoms with van der Waals surface area (Å²) in [4.78, 5) is 49.9. The summed E-state index contributed by atoms with van der Waals surface area (Å²) in [6, 6.07) is 11.8. The second kappa shape index (κ2) is 8.32. The fourth-order valence-corrected chi connectivity index (χ4v) is 3.08. The summed E-state index contributed by atoms with van der Waals surface area (Å²) < 4.78 is 12.9. The molecule has 0 bridgehead atoms. The number of nitrogens with one attached hydrogen (secondary N) is 3. The number of nitrogens with zero attached hydrogens (tertiary/aromatic N) is 1. The highest BCUT2D eigenvalue weighted by Gasteiger charge is 2.49. The highest BCUT2D eigenvalue weighted by molar-refractivity contribution is 6.09. The first kappa shape index (κ1) is 21.0. The van der Waals surface area contributed by atoms with Gasteiger partial charge in [0.1, 0.15) is 17.9 Å². The van der Waals surface area contributed by atoms with Crippen LogP contribution in [0.2, 0.25) is 0 Å². The van der Waals surface area contributed by atoms with Crippen molar-refractivity contribution in [3.05, 3.63) is 71.0 Å². The van der Waals surface area contributed by atoms with Crippen LogP contribution in [0.5, 0.6) is 0 Å². The lowest BCUT2D eigenvalue weighted by Crippen LogP contribution is -2.48. The van der Waals surface area contributed by atoms with Crippen LogP contribution >= 0.6 is 0 Å². The van der Waals surface area contributed by atoms with E-state index in [1.54, 1.807) is 19.1 Å². The van der Waals surface area contributed by atoms with Crippen LogP contribution in [0, 0.1) is 12.7 Å². The van der Waals surface area contributed by atoms with E-state index in [1.165, 1.54) is 24.3 Å². The smallest absolute Gasteiger partial charge is 0.319 e. The largest absolute Gasteiger partial charge is 0.325 e. The molecule has 0 radical (unpaired) electrons. The zero-order valence-corrected chi connectivity index (χ0v) is 16.5. The average molecular weight is 412 g/mol. The van der Waals surface area contributed by atoms with Gasteiger partial charge in [0, 0.05) is 0 Å². The van der Waals surface area contributed by atoms with Gasteiger partial charge in [0.2, 0.25) is 5.91 Å². The second-order valence-corrected chi connectivity index (χ2v) is 7.21. The molecule has 156 valence electrons. The first-order chi connectivity index (χ1) is 14.2. The van der Waals surface area contributed by atoms with Gasteiger partial charge in [0.25, 0.3) is 11.8 Å². The molecule has 0 saturated carbocycles. The molecule has 0 aromatic heterocycles. The Bertz CT molecular complexity index is 991. The minimum Gasteiger partial charge on any atom is -0.319 e. The number of imide groups is 1. The molecule has 1 aliphatic rings. The third-order valence-corrected chi connectivity index (χ3v) is 4.82. The van der Waals surface area contributed by atoms with Gasteiger partial charge in [-0.05, 0) is 37.1 Å². The van der Waals surface area contributed by atoms with Crippen LogP contribution in [-0.4, -0.2) is 35.2 Å². The molecule has 5 amide bonds. The van der Waals surface area contributed by atoms with Crippen molar-refractivity contribution in [2.45, 2.75) is 25.8 Å². The van der Waals surface area contributed by atoms with Crippen molar-refractivity contribution in [2.24, 2.45) is 0 Å². The first-order valence-electron chi connectivity index (χ1n) is 9.22. The number of aryl methyl sites for hydroxylation is 1. The number of urea groups is 1. The molecule has 0 aliphatic carbocycles. The number of halogens is 1. The maximum absolute atomic E-state index is 12.9. The number of carbonyl (C=O) groups is 4. The maximum Gasteiger partial charge on any atom is 0.325 e. The second-order valence-electron chi connectivity index (χ2n) is 7.21. The zero-order valence-electron chi connectivity index (χ0n) is 16.5. The van der Waals surface area contributed by atoms with Crippen molar-refractivity contribution in [1.29, 1.82) is 0 Å². The minimum absolute atomic E-state index is 0.0742. The predicted octanol–water partition coefficient (Wildman–Crippen LogP) is 1.29. The molecule has 9 heteroatoms. The van der Waals surface area contributed by atoms with E-state index >= 15 is 0 Å². The van der Waals surface area contributed by atoms with Crippen molar-refractivity contribution in [1.82, 2.24) is 21.1 Å². The Hall–Kier alpha value is -3.75. The number of amides is 5. The SMILES string of the molecule is Cc1ccc(C2(C)NC(=O)N(CC(=O)NNC(=O)Cc3ccc(F)cc3)C2=O)cc1. The van der Waals surface area contributed by atoms with Crippen LogP contribution < -0.4 is 16.2 Å². The Morgan fingerprint density at radius 3 is 2.23 bits per heavy atom. The van der Waals surface area contributed by atoms with E-state index in [4.69, 9.17) is 0 Å². The molecular formula is C21H21FN4O4. The van der Waals surface area contributed by atoms with E-state index in [9.17, 15) is 23.6 Å². The molecule has 1 unspecified atom stereocenters. The van der Waals surface area contributed by atoms with Gasteiger partial charge in [-0.15, -0.1) is 0 Å². The van der Waals surface area contributed by atoms with Crippen molar-refractivity contribution in [3.8, 4) is 0 Å². The summed E-state index contributed by atoms with van der Waals surface area (Å²) in [5, 5.41) is 2.61. The van der Waals surface area contributed by atoms with E-state index in [-0.39, 0.29) is 6.42 Å². The Morgan fingerprint density at radius 2 is 1.60 bits per heavy atom. The van der Waals surface area contributed by atoms with E-state index in [0.29, 0.717) is 11.1 Å². The Kier molecular flexibility index (Phi) is 5.81. The standard InChI is InChI=1S/C21H21FN4O4/c1-13-3-7-15(8-4-13)21(2)19(29)26(20(30)23-21)12-18(28)25-24-17(27)11-14-5-9-16(22)10-6-14/h3-10H,11-12H2,1-2H3,(H,23,30)(H,24,27)(H,25,28). The number of benzene rings is 2. The van der Waals surface area contributed by atoms with Crippen LogP contribution in [0.25, 0.3) is 0 Å². The van der Waals surface area contributed by atoms with Gasteiger partial charge in [0.05, 0.1) is 6.42 Å². The summed E-state index contributed by atoms with van der Waals surface area (Å²) in [7, 11) is 0. The fourth-order valence-electron chi connectivity index (χ4n) is 3.08. The average Bonchev–Trinajstić information content (AvgIpc) is 2.92. The van der Waals surface area contributed by atoms with Gasteiger partial charge in [-0.1, -0.05) is 42.0 Å². The van der Waals surface area contributed by atoms with Gasteiger partial charge in [-0.25, -0.2) is 9.18 Å².